The molecule has 0 aliphatic rings. The molecule has 1 nitrogen and oxygen atoms in total. The van der Waals surface area contributed by atoms with E-state index in [-0.39, 0.29) is 0 Å². The first-order chi connectivity index (χ1) is 7.80. The lowest BCUT2D eigenvalue weighted by Crippen LogP contribution is -2.26. The van der Waals surface area contributed by atoms with Crippen LogP contribution in [-0.2, 0) is 13.0 Å². The van der Waals surface area contributed by atoms with Crippen molar-refractivity contribution in [3.8, 4) is 0 Å². The van der Waals surface area contributed by atoms with Crippen molar-refractivity contribution >= 4 is 22.9 Å². The zero-order valence-electron chi connectivity index (χ0n) is 10.3. The molecule has 0 radical (unpaired) electrons. The molecule has 0 saturated heterocycles. The topological polar surface area (TPSA) is 3.24 Å². The molecule has 0 unspecified atom stereocenters. The van der Waals surface area contributed by atoms with Gasteiger partial charge >= 0.3 is 0 Å². The van der Waals surface area contributed by atoms with Crippen LogP contribution in [0.2, 0.25) is 0 Å². The largest absolute Gasteiger partial charge is 0.297 e. The summed E-state index contributed by atoms with van der Waals surface area (Å²) < 4.78 is 0. The summed E-state index contributed by atoms with van der Waals surface area (Å²) in [7, 11) is 0. The zero-order chi connectivity index (χ0) is 11.8. The van der Waals surface area contributed by atoms with Crippen LogP contribution in [0.3, 0.4) is 0 Å². The molecule has 0 saturated carbocycles. The number of unbranched alkanes of at least 4 members (excludes halogenated alkanes) is 1. The Bertz CT molecular complexity index is 285. The number of aryl methyl sites for hydroxylation is 1. The Balaban J connectivity index is 2.46. The van der Waals surface area contributed by atoms with Crippen molar-refractivity contribution in [2.75, 3.05) is 19.0 Å². The molecule has 0 spiro atoms. The van der Waals surface area contributed by atoms with Crippen LogP contribution in [0.4, 0.5) is 0 Å². The summed E-state index contributed by atoms with van der Waals surface area (Å²) in [6.07, 6.45) is 3.67. The summed E-state index contributed by atoms with van der Waals surface area (Å²) in [4.78, 5) is 5.41. The molecular formula is C13H22ClNS. The Kier molecular flexibility index (Phi) is 7.10. The van der Waals surface area contributed by atoms with Crippen molar-refractivity contribution in [3.05, 3.63) is 21.9 Å². The maximum atomic E-state index is 5.84. The van der Waals surface area contributed by atoms with Gasteiger partial charge in [-0.2, -0.15) is 0 Å². The standard InChI is InChI=1S/C13H22ClNS/c1-3-5-9-15(10-8-14)11-13-7-6-12(4-2)16-13/h6-7H,3-5,8-11H2,1-2H3. The molecular weight excluding hydrogens is 238 g/mol. The predicted octanol–water partition coefficient (Wildman–Crippen LogP) is 4.15. The second-order valence-corrected chi connectivity index (χ2v) is 5.67. The smallest absolute Gasteiger partial charge is 0.0351 e. The van der Waals surface area contributed by atoms with Gasteiger partial charge < -0.3 is 0 Å². The Hall–Kier alpha value is -0.0500. The molecule has 0 fully saturated rings. The van der Waals surface area contributed by atoms with Gasteiger partial charge in [-0.15, -0.1) is 22.9 Å². The van der Waals surface area contributed by atoms with Gasteiger partial charge in [-0.05, 0) is 31.5 Å². The summed E-state index contributed by atoms with van der Waals surface area (Å²) in [6, 6.07) is 4.51. The molecule has 16 heavy (non-hydrogen) atoms. The predicted molar refractivity (Wildman–Crippen MR) is 74.6 cm³/mol. The number of halogens is 1. The van der Waals surface area contributed by atoms with Crippen LogP contribution in [0, 0.1) is 0 Å². The number of thiophene rings is 1. The third kappa shape index (κ3) is 4.86. The van der Waals surface area contributed by atoms with E-state index in [2.05, 4.69) is 30.9 Å². The van der Waals surface area contributed by atoms with Crippen LogP contribution >= 0.6 is 22.9 Å². The quantitative estimate of drug-likeness (QED) is 0.634. The number of rotatable bonds is 8. The summed E-state index contributed by atoms with van der Waals surface area (Å²) in [5.41, 5.74) is 0. The minimum absolute atomic E-state index is 0.732. The third-order valence-electron chi connectivity index (χ3n) is 2.67. The monoisotopic (exact) mass is 259 g/mol. The molecule has 0 bridgehead atoms. The van der Waals surface area contributed by atoms with Crippen molar-refractivity contribution in [1.29, 1.82) is 0 Å². The maximum Gasteiger partial charge on any atom is 0.0351 e. The number of alkyl halides is 1. The van der Waals surface area contributed by atoms with E-state index in [0.29, 0.717) is 0 Å². The Morgan fingerprint density at radius 2 is 1.94 bits per heavy atom. The molecule has 0 amide bonds. The van der Waals surface area contributed by atoms with E-state index < -0.39 is 0 Å². The molecule has 1 rings (SSSR count). The van der Waals surface area contributed by atoms with Crippen molar-refractivity contribution in [2.24, 2.45) is 0 Å². The summed E-state index contributed by atoms with van der Waals surface area (Å²) >= 11 is 7.77. The van der Waals surface area contributed by atoms with Crippen LogP contribution < -0.4 is 0 Å². The fraction of sp³-hybridized carbons (Fsp3) is 0.692. The first-order valence-corrected chi connectivity index (χ1v) is 7.51. The highest BCUT2D eigenvalue weighted by Crippen LogP contribution is 2.18. The molecule has 1 aromatic heterocycles. The first-order valence-electron chi connectivity index (χ1n) is 6.16. The van der Waals surface area contributed by atoms with Crippen molar-refractivity contribution < 1.29 is 0 Å². The van der Waals surface area contributed by atoms with Gasteiger partial charge in [0.05, 0.1) is 0 Å². The highest BCUT2D eigenvalue weighted by atomic mass is 35.5. The van der Waals surface area contributed by atoms with E-state index in [9.17, 15) is 0 Å². The SMILES string of the molecule is CCCCN(CCCl)Cc1ccc(CC)s1. The molecule has 0 aromatic carbocycles. The second-order valence-electron chi connectivity index (χ2n) is 4.04. The fourth-order valence-electron chi connectivity index (χ4n) is 1.69. The molecule has 0 aliphatic carbocycles. The molecule has 1 heterocycles. The van der Waals surface area contributed by atoms with E-state index in [1.807, 2.05) is 11.3 Å². The fourth-order valence-corrected chi connectivity index (χ4v) is 2.93. The van der Waals surface area contributed by atoms with Gasteiger partial charge in [0.1, 0.15) is 0 Å². The summed E-state index contributed by atoms with van der Waals surface area (Å²) in [5, 5.41) is 0. The van der Waals surface area contributed by atoms with Crippen LogP contribution in [0.5, 0.6) is 0 Å². The van der Waals surface area contributed by atoms with Gasteiger partial charge in [0.15, 0.2) is 0 Å². The van der Waals surface area contributed by atoms with Gasteiger partial charge in [-0.3, -0.25) is 4.90 Å². The number of hydrogen-bond acceptors (Lipinski definition) is 2. The lowest BCUT2D eigenvalue weighted by molar-refractivity contribution is 0.279. The lowest BCUT2D eigenvalue weighted by atomic mass is 10.3. The Morgan fingerprint density at radius 3 is 2.50 bits per heavy atom. The Morgan fingerprint density at radius 1 is 1.19 bits per heavy atom. The molecule has 0 atom stereocenters. The third-order valence-corrected chi connectivity index (χ3v) is 4.06. The lowest BCUT2D eigenvalue weighted by Gasteiger charge is -2.19. The first kappa shape index (κ1) is 14.0. The normalized spacial score (nSPS) is 11.2. The minimum Gasteiger partial charge on any atom is -0.297 e. The summed E-state index contributed by atoms with van der Waals surface area (Å²) in [6.45, 7) is 7.68. The van der Waals surface area contributed by atoms with Crippen LogP contribution in [0.15, 0.2) is 12.1 Å². The highest BCUT2D eigenvalue weighted by molar-refractivity contribution is 7.11. The highest BCUT2D eigenvalue weighted by Gasteiger charge is 2.06. The van der Waals surface area contributed by atoms with Crippen LogP contribution in [0.1, 0.15) is 36.4 Å². The van der Waals surface area contributed by atoms with Crippen LogP contribution in [0.25, 0.3) is 0 Å². The second kappa shape index (κ2) is 8.10. The maximum absolute atomic E-state index is 5.84. The van der Waals surface area contributed by atoms with E-state index >= 15 is 0 Å². The van der Waals surface area contributed by atoms with Crippen molar-refractivity contribution in [1.82, 2.24) is 4.90 Å². The molecule has 3 heteroatoms. The Labute approximate surface area is 108 Å². The van der Waals surface area contributed by atoms with E-state index in [4.69, 9.17) is 11.6 Å². The number of nitrogens with zero attached hydrogens (tertiary/aromatic N) is 1. The van der Waals surface area contributed by atoms with Gasteiger partial charge in [0.2, 0.25) is 0 Å². The van der Waals surface area contributed by atoms with Crippen molar-refractivity contribution in [3.63, 3.8) is 0 Å². The summed E-state index contributed by atoms with van der Waals surface area (Å²) in [5.74, 6) is 0.732. The van der Waals surface area contributed by atoms with E-state index in [0.717, 1.165) is 25.4 Å². The molecule has 92 valence electrons. The average molecular weight is 260 g/mol. The van der Waals surface area contributed by atoms with E-state index in [1.165, 1.54) is 29.1 Å². The van der Waals surface area contributed by atoms with Gasteiger partial charge in [-0.1, -0.05) is 20.3 Å². The van der Waals surface area contributed by atoms with Gasteiger partial charge in [0, 0.05) is 28.7 Å². The van der Waals surface area contributed by atoms with Crippen LogP contribution in [-0.4, -0.2) is 23.9 Å². The zero-order valence-corrected chi connectivity index (χ0v) is 11.9. The number of hydrogen-bond donors (Lipinski definition) is 0. The van der Waals surface area contributed by atoms with Crippen molar-refractivity contribution in [2.45, 2.75) is 39.7 Å². The average Bonchev–Trinajstić information content (AvgIpc) is 2.74. The minimum atomic E-state index is 0.732. The van der Waals surface area contributed by atoms with Gasteiger partial charge in [0.25, 0.3) is 0 Å². The molecule has 0 aliphatic heterocycles. The van der Waals surface area contributed by atoms with E-state index in [1.54, 1.807) is 0 Å². The molecule has 0 N–H and O–H groups in total. The van der Waals surface area contributed by atoms with Gasteiger partial charge in [-0.25, -0.2) is 0 Å². The molecule has 1 aromatic rings.